The lowest BCUT2D eigenvalue weighted by molar-refractivity contribution is -0.194. The Balaban J connectivity index is 2.19. The molecule has 1 saturated carbocycles. The number of ether oxygens (including phenoxy) is 1. The Hall–Kier alpha value is 0.430. The monoisotopic (exact) mass is 350 g/mol. The fraction of sp³-hybridized carbons (Fsp3) is 0.867. The molecule has 0 aromatic heterocycles. The number of halogens is 2. The summed E-state index contributed by atoms with van der Waals surface area (Å²) in [6, 6.07) is 0. The molecule has 1 fully saturated rings. The minimum atomic E-state index is -0.551. The van der Waals surface area contributed by atoms with Crippen LogP contribution in [-0.2, 0) is 4.74 Å². The number of alkyl halides is 2. The SMILES string of the molecule is CC1(C)C=CC(O)C(C)(C2CCC(C)(Cl)C(Br)C2)O1. The number of aliphatic hydroxyl groups is 1. The summed E-state index contributed by atoms with van der Waals surface area (Å²) >= 11 is 10.2. The fourth-order valence-electron chi connectivity index (χ4n) is 3.25. The second kappa shape index (κ2) is 5.01. The Labute approximate surface area is 129 Å². The molecule has 0 aromatic carbocycles. The van der Waals surface area contributed by atoms with Gasteiger partial charge in [-0.05, 0) is 52.9 Å². The predicted octanol–water partition coefficient (Wildman–Crippen LogP) is 4.03. The standard InChI is InChI=1S/C15H24BrClO2/c1-13(2)7-6-12(18)15(4,19-13)10-5-8-14(3,17)11(16)9-10/h6-7,10-12,18H,5,8-9H2,1-4H3. The maximum absolute atomic E-state index is 10.4. The average Bonchev–Trinajstić information content (AvgIpc) is 2.27. The van der Waals surface area contributed by atoms with E-state index in [9.17, 15) is 5.11 Å². The van der Waals surface area contributed by atoms with Crippen LogP contribution in [0.1, 0.15) is 47.0 Å². The molecular formula is C15H24BrClO2. The highest BCUT2D eigenvalue weighted by Gasteiger charge is 2.50. The Morgan fingerprint density at radius 2 is 1.95 bits per heavy atom. The third kappa shape index (κ3) is 3.04. The molecule has 5 atom stereocenters. The van der Waals surface area contributed by atoms with E-state index in [4.69, 9.17) is 16.3 Å². The van der Waals surface area contributed by atoms with E-state index in [-0.39, 0.29) is 15.3 Å². The lowest BCUT2D eigenvalue weighted by Crippen LogP contribution is -2.57. The predicted molar refractivity (Wildman–Crippen MR) is 83.0 cm³/mol. The van der Waals surface area contributed by atoms with Gasteiger partial charge in [0.25, 0.3) is 0 Å². The zero-order valence-electron chi connectivity index (χ0n) is 12.1. The molecule has 2 rings (SSSR count). The van der Waals surface area contributed by atoms with Crippen LogP contribution in [0.2, 0.25) is 0 Å². The fourth-order valence-corrected chi connectivity index (χ4v) is 4.13. The van der Waals surface area contributed by atoms with Gasteiger partial charge in [0.15, 0.2) is 0 Å². The Morgan fingerprint density at radius 3 is 2.53 bits per heavy atom. The van der Waals surface area contributed by atoms with Gasteiger partial charge in [0.2, 0.25) is 0 Å². The number of rotatable bonds is 1. The molecular weight excluding hydrogens is 328 g/mol. The van der Waals surface area contributed by atoms with Crippen LogP contribution in [0, 0.1) is 5.92 Å². The van der Waals surface area contributed by atoms with Gasteiger partial charge in [0, 0.05) is 4.83 Å². The summed E-state index contributed by atoms with van der Waals surface area (Å²) in [5.74, 6) is 0.308. The van der Waals surface area contributed by atoms with Crippen molar-refractivity contribution in [3.63, 3.8) is 0 Å². The minimum Gasteiger partial charge on any atom is -0.386 e. The van der Waals surface area contributed by atoms with Gasteiger partial charge < -0.3 is 9.84 Å². The normalized spacial score (nSPS) is 50.2. The van der Waals surface area contributed by atoms with Crippen LogP contribution in [0.15, 0.2) is 12.2 Å². The zero-order chi connectivity index (χ0) is 14.5. The summed E-state index contributed by atoms with van der Waals surface area (Å²) in [6.45, 7) is 8.18. The van der Waals surface area contributed by atoms with E-state index in [1.807, 2.05) is 32.9 Å². The van der Waals surface area contributed by atoms with Crippen LogP contribution in [0.4, 0.5) is 0 Å². The first kappa shape index (κ1) is 15.8. The van der Waals surface area contributed by atoms with Gasteiger partial charge in [-0.2, -0.15) is 0 Å². The van der Waals surface area contributed by atoms with Gasteiger partial charge >= 0.3 is 0 Å². The molecule has 4 heteroatoms. The first-order chi connectivity index (χ1) is 8.57. The van der Waals surface area contributed by atoms with Gasteiger partial charge in [-0.1, -0.05) is 28.1 Å². The van der Waals surface area contributed by atoms with Crippen LogP contribution in [0.5, 0.6) is 0 Å². The molecule has 1 heterocycles. The average molecular weight is 352 g/mol. The van der Waals surface area contributed by atoms with Crippen molar-refractivity contribution in [2.24, 2.45) is 5.92 Å². The number of hydrogen-bond donors (Lipinski definition) is 1. The second-order valence-corrected chi connectivity index (χ2v) is 8.88. The molecule has 0 radical (unpaired) electrons. The van der Waals surface area contributed by atoms with Crippen molar-refractivity contribution >= 4 is 27.5 Å². The smallest absolute Gasteiger partial charge is 0.101 e. The highest BCUT2D eigenvalue weighted by atomic mass is 79.9. The van der Waals surface area contributed by atoms with E-state index in [2.05, 4.69) is 22.9 Å². The van der Waals surface area contributed by atoms with Crippen LogP contribution >= 0.6 is 27.5 Å². The lowest BCUT2D eigenvalue weighted by atomic mass is 9.70. The highest BCUT2D eigenvalue weighted by molar-refractivity contribution is 9.09. The summed E-state index contributed by atoms with van der Waals surface area (Å²) < 4.78 is 6.23. The summed E-state index contributed by atoms with van der Waals surface area (Å²) in [6.07, 6.45) is 6.12. The lowest BCUT2D eigenvalue weighted by Gasteiger charge is -2.51. The topological polar surface area (TPSA) is 29.5 Å². The van der Waals surface area contributed by atoms with Gasteiger partial charge in [0.1, 0.15) is 6.10 Å². The van der Waals surface area contributed by atoms with E-state index >= 15 is 0 Å². The molecule has 1 aliphatic heterocycles. The van der Waals surface area contributed by atoms with Crippen LogP contribution in [0.3, 0.4) is 0 Å². The molecule has 0 saturated heterocycles. The van der Waals surface area contributed by atoms with E-state index in [1.165, 1.54) is 0 Å². The summed E-state index contributed by atoms with van der Waals surface area (Å²) in [5, 5.41) is 10.4. The van der Waals surface area contributed by atoms with Crippen LogP contribution < -0.4 is 0 Å². The molecule has 2 aliphatic rings. The zero-order valence-corrected chi connectivity index (χ0v) is 14.5. The van der Waals surface area contributed by atoms with Crippen molar-refractivity contribution < 1.29 is 9.84 Å². The van der Waals surface area contributed by atoms with Gasteiger partial charge in [-0.15, -0.1) is 11.6 Å². The Kier molecular flexibility index (Phi) is 4.17. The van der Waals surface area contributed by atoms with Crippen molar-refractivity contribution in [1.29, 1.82) is 0 Å². The molecule has 0 aromatic rings. The maximum Gasteiger partial charge on any atom is 0.101 e. The summed E-state index contributed by atoms with van der Waals surface area (Å²) in [7, 11) is 0. The Bertz CT molecular complexity index is 380. The van der Waals surface area contributed by atoms with Crippen molar-refractivity contribution in [2.45, 2.75) is 74.0 Å². The van der Waals surface area contributed by atoms with E-state index in [0.29, 0.717) is 5.92 Å². The molecule has 0 amide bonds. The van der Waals surface area contributed by atoms with Gasteiger partial charge in [0.05, 0.1) is 16.1 Å². The van der Waals surface area contributed by atoms with Crippen molar-refractivity contribution in [1.82, 2.24) is 0 Å². The Morgan fingerprint density at radius 1 is 1.32 bits per heavy atom. The maximum atomic E-state index is 10.4. The summed E-state index contributed by atoms with van der Waals surface area (Å²) in [4.78, 5) is 0.0553. The van der Waals surface area contributed by atoms with Crippen molar-refractivity contribution in [3.8, 4) is 0 Å². The molecule has 110 valence electrons. The number of aliphatic hydroxyl groups excluding tert-OH is 1. The second-order valence-electron chi connectivity index (χ2n) is 6.91. The molecule has 0 spiro atoms. The van der Waals surface area contributed by atoms with Crippen LogP contribution in [0.25, 0.3) is 0 Å². The van der Waals surface area contributed by atoms with E-state index in [0.717, 1.165) is 19.3 Å². The molecule has 19 heavy (non-hydrogen) atoms. The highest BCUT2D eigenvalue weighted by Crippen LogP contribution is 2.48. The molecule has 5 unspecified atom stereocenters. The van der Waals surface area contributed by atoms with E-state index < -0.39 is 11.7 Å². The third-order valence-electron chi connectivity index (χ3n) is 4.69. The quantitative estimate of drug-likeness (QED) is 0.571. The van der Waals surface area contributed by atoms with Crippen molar-refractivity contribution in [2.75, 3.05) is 0 Å². The number of hydrogen-bond acceptors (Lipinski definition) is 2. The van der Waals surface area contributed by atoms with Crippen molar-refractivity contribution in [3.05, 3.63) is 12.2 Å². The molecule has 1 aliphatic carbocycles. The third-order valence-corrected chi connectivity index (χ3v) is 6.79. The minimum absolute atomic E-state index is 0.197. The summed E-state index contributed by atoms with van der Waals surface area (Å²) in [5.41, 5.74) is -0.852. The first-order valence-corrected chi connectivity index (χ1v) is 8.27. The largest absolute Gasteiger partial charge is 0.386 e. The first-order valence-electron chi connectivity index (χ1n) is 6.97. The van der Waals surface area contributed by atoms with Gasteiger partial charge in [-0.3, -0.25) is 0 Å². The van der Waals surface area contributed by atoms with Crippen LogP contribution in [-0.4, -0.2) is 32.1 Å². The van der Waals surface area contributed by atoms with Gasteiger partial charge in [-0.25, -0.2) is 0 Å². The molecule has 0 bridgehead atoms. The van der Waals surface area contributed by atoms with E-state index in [1.54, 1.807) is 0 Å². The molecule has 2 nitrogen and oxygen atoms in total. The molecule has 1 N–H and O–H groups in total.